The molecule has 1 aromatic heterocycles. The molecule has 0 N–H and O–H groups in total. The van der Waals surface area contributed by atoms with E-state index in [9.17, 15) is 14.0 Å². The molecule has 2 aromatic carbocycles. The lowest BCUT2D eigenvalue weighted by Crippen LogP contribution is -2.35. The van der Waals surface area contributed by atoms with Gasteiger partial charge in [0.05, 0.1) is 13.1 Å². The summed E-state index contributed by atoms with van der Waals surface area (Å²) >= 11 is 0. The highest BCUT2D eigenvalue weighted by Gasteiger charge is 2.33. The highest BCUT2D eigenvalue weighted by atomic mass is 19.1. The van der Waals surface area contributed by atoms with Crippen molar-refractivity contribution in [3.05, 3.63) is 82.3 Å². The molecule has 0 unspecified atom stereocenters. The summed E-state index contributed by atoms with van der Waals surface area (Å²) in [5.41, 5.74) is 0.836. The van der Waals surface area contributed by atoms with E-state index in [1.165, 1.54) is 27.8 Å². The molecule has 1 aliphatic rings. The first kappa shape index (κ1) is 14.4. The van der Waals surface area contributed by atoms with Gasteiger partial charge in [0, 0.05) is 5.69 Å². The fourth-order valence-corrected chi connectivity index (χ4v) is 2.78. The minimum atomic E-state index is -0.514. The third-order valence-electron chi connectivity index (χ3n) is 3.92. The van der Waals surface area contributed by atoms with Crippen LogP contribution in [-0.4, -0.2) is 20.4 Å². The number of amides is 1. The lowest BCUT2D eigenvalue weighted by molar-refractivity contribution is 0.250. The molecule has 0 fully saturated rings. The first-order chi connectivity index (χ1) is 11.6. The molecule has 1 amide bonds. The number of aromatic nitrogens is 3. The van der Waals surface area contributed by atoms with E-state index >= 15 is 0 Å². The average molecular weight is 324 g/mol. The van der Waals surface area contributed by atoms with Crippen molar-refractivity contribution in [2.45, 2.75) is 13.1 Å². The second-order valence-corrected chi connectivity index (χ2v) is 5.53. The van der Waals surface area contributed by atoms with Crippen LogP contribution in [0.1, 0.15) is 11.4 Å². The lowest BCUT2D eigenvalue weighted by atomic mass is 10.2. The second kappa shape index (κ2) is 5.45. The van der Waals surface area contributed by atoms with Crippen molar-refractivity contribution in [3.8, 4) is 0 Å². The largest absolute Gasteiger partial charge is 0.354 e. The fraction of sp³-hybridized carbons (Fsp3) is 0.118. The Labute approximate surface area is 136 Å². The lowest BCUT2D eigenvalue weighted by Gasteiger charge is -2.14. The van der Waals surface area contributed by atoms with Gasteiger partial charge in [-0.3, -0.25) is 4.90 Å². The first-order valence-electron chi connectivity index (χ1n) is 7.43. The van der Waals surface area contributed by atoms with Crippen LogP contribution in [0, 0.1) is 5.82 Å². The number of hydrogen-bond acceptors (Lipinski definition) is 3. The molecule has 0 atom stereocenters. The molecule has 6 nitrogen and oxygen atoms in total. The summed E-state index contributed by atoms with van der Waals surface area (Å²) in [6, 6.07) is 14.6. The Bertz CT molecular complexity index is 978. The number of nitrogens with zero attached hydrogens (tertiary/aromatic N) is 4. The van der Waals surface area contributed by atoms with E-state index in [0.717, 1.165) is 10.1 Å². The van der Waals surface area contributed by atoms with Crippen LogP contribution in [0.4, 0.5) is 14.9 Å². The van der Waals surface area contributed by atoms with Crippen molar-refractivity contribution >= 4 is 11.7 Å². The van der Waals surface area contributed by atoms with E-state index in [4.69, 9.17) is 0 Å². The molecular weight excluding hydrogens is 311 g/mol. The smallest absolute Gasteiger partial charge is 0.286 e. The van der Waals surface area contributed by atoms with Gasteiger partial charge in [0.25, 0.3) is 0 Å². The normalized spacial score (nSPS) is 13.4. The van der Waals surface area contributed by atoms with E-state index in [-0.39, 0.29) is 6.54 Å². The maximum Gasteiger partial charge on any atom is 0.354 e. The summed E-state index contributed by atoms with van der Waals surface area (Å²) in [5.74, 6) is -0.0866. The zero-order valence-electron chi connectivity index (χ0n) is 12.6. The number of anilines is 1. The van der Waals surface area contributed by atoms with Gasteiger partial charge >= 0.3 is 11.7 Å². The number of rotatable bonds is 3. The van der Waals surface area contributed by atoms with Gasteiger partial charge in [-0.25, -0.2) is 18.7 Å². The Morgan fingerprint density at radius 2 is 1.83 bits per heavy atom. The summed E-state index contributed by atoms with van der Waals surface area (Å²) in [4.78, 5) is 26.3. The quantitative estimate of drug-likeness (QED) is 0.742. The van der Waals surface area contributed by atoms with Gasteiger partial charge in [-0.1, -0.05) is 36.4 Å². The molecule has 0 spiro atoms. The van der Waals surface area contributed by atoms with Gasteiger partial charge in [0.1, 0.15) is 5.82 Å². The molecule has 0 radical (unpaired) electrons. The second-order valence-electron chi connectivity index (χ2n) is 5.53. The zero-order valence-corrected chi connectivity index (χ0v) is 12.6. The molecule has 0 saturated heterocycles. The van der Waals surface area contributed by atoms with E-state index in [2.05, 4.69) is 5.10 Å². The van der Waals surface area contributed by atoms with Gasteiger partial charge in [-0.05, 0) is 23.8 Å². The van der Waals surface area contributed by atoms with Crippen LogP contribution in [0.25, 0.3) is 0 Å². The number of carbonyl (C=O) groups excluding carboxylic acids is 1. The Morgan fingerprint density at radius 1 is 1.04 bits per heavy atom. The zero-order chi connectivity index (χ0) is 16.7. The summed E-state index contributed by atoms with van der Waals surface area (Å²) in [6.07, 6.45) is 0. The average Bonchev–Trinajstić information content (AvgIpc) is 3.06. The van der Waals surface area contributed by atoms with Gasteiger partial charge < -0.3 is 0 Å². The third-order valence-corrected chi connectivity index (χ3v) is 3.92. The SMILES string of the molecule is O=C1N(c2cccc(F)c2)Cc2nn(Cc3ccccc3)c(=O)n21. The molecule has 0 saturated carbocycles. The number of hydrogen-bond donors (Lipinski definition) is 0. The van der Waals surface area contributed by atoms with Gasteiger partial charge in [0.15, 0.2) is 5.82 Å². The molecule has 3 aromatic rings. The van der Waals surface area contributed by atoms with Crippen LogP contribution in [0.5, 0.6) is 0 Å². The highest BCUT2D eigenvalue weighted by Crippen LogP contribution is 2.22. The fourth-order valence-electron chi connectivity index (χ4n) is 2.78. The Balaban J connectivity index is 1.66. The van der Waals surface area contributed by atoms with Crippen LogP contribution in [0.3, 0.4) is 0 Å². The molecule has 2 heterocycles. The minimum Gasteiger partial charge on any atom is -0.286 e. The summed E-state index contributed by atoms with van der Waals surface area (Å²) in [6.45, 7) is 0.437. The molecule has 1 aliphatic heterocycles. The summed E-state index contributed by atoms with van der Waals surface area (Å²) in [5, 5.41) is 4.25. The Kier molecular flexibility index (Phi) is 3.26. The number of halogens is 1. The summed E-state index contributed by atoms with van der Waals surface area (Å²) < 4.78 is 15.7. The van der Waals surface area contributed by atoms with Crippen molar-refractivity contribution in [1.29, 1.82) is 0 Å². The molecule has 4 rings (SSSR count). The van der Waals surface area contributed by atoms with Gasteiger partial charge in [0.2, 0.25) is 0 Å². The van der Waals surface area contributed by atoms with Crippen molar-refractivity contribution < 1.29 is 9.18 Å². The predicted octanol–water partition coefficient (Wildman–Crippen LogP) is 2.22. The maximum absolute atomic E-state index is 13.4. The van der Waals surface area contributed by atoms with Crippen LogP contribution in [-0.2, 0) is 13.1 Å². The Morgan fingerprint density at radius 3 is 2.54 bits per heavy atom. The standard InChI is InChI=1S/C17H13FN4O2/c18-13-7-4-8-14(9-13)20-11-15-19-21(17(24)22(15)16(20)23)10-12-5-2-1-3-6-12/h1-9H,10-11H2. The van der Waals surface area contributed by atoms with E-state index < -0.39 is 17.5 Å². The van der Waals surface area contributed by atoms with Crippen LogP contribution < -0.4 is 10.6 Å². The van der Waals surface area contributed by atoms with Crippen molar-refractivity contribution in [1.82, 2.24) is 14.3 Å². The number of benzene rings is 2. The van der Waals surface area contributed by atoms with Crippen molar-refractivity contribution in [3.63, 3.8) is 0 Å². The summed E-state index contributed by atoms with van der Waals surface area (Å²) in [7, 11) is 0. The monoisotopic (exact) mass is 324 g/mol. The van der Waals surface area contributed by atoms with Crippen LogP contribution in [0.2, 0.25) is 0 Å². The van der Waals surface area contributed by atoms with E-state index in [1.807, 2.05) is 30.3 Å². The minimum absolute atomic E-state index is 0.138. The maximum atomic E-state index is 13.4. The van der Waals surface area contributed by atoms with Crippen molar-refractivity contribution in [2.24, 2.45) is 0 Å². The highest BCUT2D eigenvalue weighted by molar-refractivity contribution is 5.96. The van der Waals surface area contributed by atoms with Gasteiger partial charge in [-0.15, -0.1) is 0 Å². The van der Waals surface area contributed by atoms with Crippen LogP contribution >= 0.6 is 0 Å². The van der Waals surface area contributed by atoms with Crippen molar-refractivity contribution in [2.75, 3.05) is 4.90 Å². The number of carbonyl (C=O) groups is 1. The molecular formula is C17H13FN4O2. The molecule has 24 heavy (non-hydrogen) atoms. The topological polar surface area (TPSA) is 60.1 Å². The number of fused-ring (bicyclic) bond motifs is 1. The van der Waals surface area contributed by atoms with Gasteiger partial charge in [-0.2, -0.15) is 9.67 Å². The van der Waals surface area contributed by atoms with E-state index in [1.54, 1.807) is 6.07 Å². The molecule has 0 aliphatic carbocycles. The third kappa shape index (κ3) is 2.30. The molecule has 7 heteroatoms. The van der Waals surface area contributed by atoms with E-state index in [0.29, 0.717) is 18.1 Å². The predicted molar refractivity (Wildman–Crippen MR) is 85.4 cm³/mol. The van der Waals surface area contributed by atoms with Crippen LogP contribution in [0.15, 0.2) is 59.4 Å². The first-order valence-corrected chi connectivity index (χ1v) is 7.43. The molecule has 0 bridgehead atoms. The Hall–Kier alpha value is -3.22. The molecule has 120 valence electrons.